The standard InChI is InChI=1S/C17H17ClFN3O/c1-2-3-4-8-22-15-14(11-6-5-7-12(19)9-11)13(18)10-20-16(15)21-17(22)23/h5-7,9-10H,2-4,8H2,1H3,(H,20,21,23). The second-order valence-corrected chi connectivity index (χ2v) is 5.84. The molecule has 0 saturated heterocycles. The minimum Gasteiger partial charge on any atom is -0.480 e. The van der Waals surface area contributed by atoms with Crippen molar-refractivity contribution in [2.75, 3.05) is 0 Å². The van der Waals surface area contributed by atoms with Gasteiger partial charge in [-0.3, -0.25) is 4.57 Å². The summed E-state index contributed by atoms with van der Waals surface area (Å²) in [5, 5.41) is 10.5. The third-order valence-corrected chi connectivity index (χ3v) is 4.09. The smallest absolute Gasteiger partial charge is 0.296 e. The zero-order valence-corrected chi connectivity index (χ0v) is 13.5. The fourth-order valence-electron chi connectivity index (χ4n) is 2.71. The number of unbranched alkanes of at least 4 members (excludes halogenated alkanes) is 2. The van der Waals surface area contributed by atoms with Crippen molar-refractivity contribution in [3.63, 3.8) is 0 Å². The van der Waals surface area contributed by atoms with Crippen LogP contribution in [0.2, 0.25) is 5.02 Å². The Hall–Kier alpha value is -2.14. The maximum atomic E-state index is 13.6. The van der Waals surface area contributed by atoms with Crippen molar-refractivity contribution in [1.29, 1.82) is 0 Å². The second kappa shape index (κ2) is 6.54. The van der Waals surface area contributed by atoms with Gasteiger partial charge in [0.15, 0.2) is 5.65 Å². The predicted octanol–water partition coefficient (Wildman–Crippen LogP) is 4.79. The molecule has 0 radical (unpaired) electrons. The fraction of sp³-hybridized carbons (Fsp3) is 0.294. The fourth-order valence-corrected chi connectivity index (χ4v) is 2.96. The highest BCUT2D eigenvalue weighted by atomic mass is 35.5. The lowest BCUT2D eigenvalue weighted by atomic mass is 10.1. The quantitative estimate of drug-likeness (QED) is 0.683. The topological polar surface area (TPSA) is 50.9 Å². The first-order chi connectivity index (χ1) is 11.1. The minimum atomic E-state index is -0.343. The first-order valence-electron chi connectivity index (χ1n) is 7.61. The second-order valence-electron chi connectivity index (χ2n) is 5.43. The van der Waals surface area contributed by atoms with E-state index in [4.69, 9.17) is 11.6 Å². The van der Waals surface area contributed by atoms with E-state index in [1.54, 1.807) is 16.7 Å². The minimum absolute atomic E-state index is 0.0940. The Balaban J connectivity index is 2.21. The van der Waals surface area contributed by atoms with Crippen LogP contribution in [-0.2, 0) is 6.54 Å². The number of benzene rings is 1. The zero-order chi connectivity index (χ0) is 16.4. The van der Waals surface area contributed by atoms with Gasteiger partial charge in [-0.15, -0.1) is 0 Å². The van der Waals surface area contributed by atoms with Gasteiger partial charge in [0, 0.05) is 18.3 Å². The Morgan fingerprint density at radius 1 is 1.30 bits per heavy atom. The maximum absolute atomic E-state index is 13.6. The van der Waals surface area contributed by atoms with E-state index in [0.717, 1.165) is 19.3 Å². The highest BCUT2D eigenvalue weighted by molar-refractivity contribution is 6.34. The van der Waals surface area contributed by atoms with Crippen LogP contribution in [0.3, 0.4) is 0 Å². The highest BCUT2D eigenvalue weighted by Crippen LogP contribution is 2.36. The van der Waals surface area contributed by atoms with Gasteiger partial charge < -0.3 is 5.11 Å². The van der Waals surface area contributed by atoms with Crippen LogP contribution in [0.1, 0.15) is 26.2 Å². The van der Waals surface area contributed by atoms with Gasteiger partial charge in [0.1, 0.15) is 5.82 Å². The van der Waals surface area contributed by atoms with E-state index >= 15 is 0 Å². The summed E-state index contributed by atoms with van der Waals surface area (Å²) in [6.45, 7) is 2.73. The van der Waals surface area contributed by atoms with E-state index in [1.807, 2.05) is 0 Å². The average Bonchev–Trinajstić information content (AvgIpc) is 2.84. The maximum Gasteiger partial charge on any atom is 0.296 e. The van der Waals surface area contributed by atoms with Gasteiger partial charge >= 0.3 is 0 Å². The molecule has 4 nitrogen and oxygen atoms in total. The summed E-state index contributed by atoms with van der Waals surface area (Å²) in [7, 11) is 0. The molecule has 0 aliphatic carbocycles. The molecule has 0 atom stereocenters. The summed E-state index contributed by atoms with van der Waals surface area (Å²) in [5.74, 6) is -0.343. The van der Waals surface area contributed by atoms with Gasteiger partial charge in [-0.2, -0.15) is 4.98 Å². The molecular formula is C17H17ClFN3O. The molecule has 0 unspecified atom stereocenters. The first kappa shape index (κ1) is 15.7. The first-order valence-corrected chi connectivity index (χ1v) is 7.99. The summed E-state index contributed by atoms with van der Waals surface area (Å²) in [6.07, 6.45) is 4.50. The van der Waals surface area contributed by atoms with Gasteiger partial charge in [0.2, 0.25) is 0 Å². The lowest BCUT2D eigenvalue weighted by Crippen LogP contribution is -1.99. The molecule has 3 rings (SSSR count). The number of nitrogens with zero attached hydrogens (tertiary/aromatic N) is 3. The molecule has 120 valence electrons. The van der Waals surface area contributed by atoms with Crippen LogP contribution in [0.5, 0.6) is 6.01 Å². The van der Waals surface area contributed by atoms with Crippen molar-refractivity contribution in [3.8, 4) is 17.1 Å². The van der Waals surface area contributed by atoms with Crippen molar-refractivity contribution in [3.05, 3.63) is 41.3 Å². The van der Waals surface area contributed by atoms with Gasteiger partial charge in [-0.25, -0.2) is 9.37 Å². The number of pyridine rings is 1. The van der Waals surface area contributed by atoms with Gasteiger partial charge in [0.05, 0.1) is 10.5 Å². The molecule has 0 saturated carbocycles. The van der Waals surface area contributed by atoms with Crippen LogP contribution in [-0.4, -0.2) is 19.6 Å². The molecule has 2 aromatic heterocycles. The number of rotatable bonds is 5. The molecule has 2 heterocycles. The van der Waals surface area contributed by atoms with Crippen LogP contribution >= 0.6 is 11.6 Å². The molecule has 0 amide bonds. The molecule has 3 aromatic rings. The van der Waals surface area contributed by atoms with E-state index in [0.29, 0.717) is 33.9 Å². The number of aromatic hydroxyl groups is 1. The number of aromatic nitrogens is 3. The number of hydrogen-bond donors (Lipinski definition) is 1. The van der Waals surface area contributed by atoms with Crippen LogP contribution < -0.4 is 0 Å². The Kier molecular flexibility index (Phi) is 4.48. The summed E-state index contributed by atoms with van der Waals surface area (Å²) in [6, 6.07) is 6.12. The van der Waals surface area contributed by atoms with Crippen molar-refractivity contribution in [1.82, 2.24) is 14.5 Å². The van der Waals surface area contributed by atoms with Crippen molar-refractivity contribution >= 4 is 22.8 Å². The Morgan fingerprint density at radius 3 is 2.87 bits per heavy atom. The summed E-state index contributed by atoms with van der Waals surface area (Å²) < 4.78 is 15.3. The number of hydrogen-bond acceptors (Lipinski definition) is 3. The van der Waals surface area contributed by atoms with Crippen LogP contribution in [0.4, 0.5) is 4.39 Å². The summed E-state index contributed by atoms with van der Waals surface area (Å²) >= 11 is 6.32. The highest BCUT2D eigenvalue weighted by Gasteiger charge is 2.18. The Labute approximate surface area is 138 Å². The normalized spacial score (nSPS) is 11.3. The largest absolute Gasteiger partial charge is 0.480 e. The Morgan fingerprint density at radius 2 is 2.13 bits per heavy atom. The van der Waals surface area contributed by atoms with E-state index in [1.165, 1.54) is 18.3 Å². The zero-order valence-electron chi connectivity index (χ0n) is 12.8. The molecular weight excluding hydrogens is 317 g/mol. The average molecular weight is 334 g/mol. The lowest BCUT2D eigenvalue weighted by Gasteiger charge is -2.10. The molecule has 0 spiro atoms. The summed E-state index contributed by atoms with van der Waals surface area (Å²) in [5.41, 5.74) is 2.32. The van der Waals surface area contributed by atoms with E-state index in [9.17, 15) is 9.50 Å². The molecule has 6 heteroatoms. The predicted molar refractivity (Wildman–Crippen MR) is 89.1 cm³/mol. The molecule has 0 aliphatic heterocycles. The monoisotopic (exact) mass is 333 g/mol. The number of halogens is 2. The molecule has 1 aromatic carbocycles. The number of fused-ring (bicyclic) bond motifs is 1. The van der Waals surface area contributed by atoms with E-state index in [2.05, 4.69) is 16.9 Å². The number of aryl methyl sites for hydroxylation is 1. The summed E-state index contributed by atoms with van der Waals surface area (Å²) in [4.78, 5) is 8.28. The van der Waals surface area contributed by atoms with Crippen LogP contribution in [0, 0.1) is 5.82 Å². The molecule has 1 N–H and O–H groups in total. The van der Waals surface area contributed by atoms with E-state index in [-0.39, 0.29) is 11.8 Å². The number of imidazole rings is 1. The van der Waals surface area contributed by atoms with Crippen LogP contribution in [0.15, 0.2) is 30.5 Å². The molecule has 0 fully saturated rings. The van der Waals surface area contributed by atoms with Gasteiger partial charge in [0.25, 0.3) is 6.01 Å². The third kappa shape index (κ3) is 3.01. The van der Waals surface area contributed by atoms with Crippen molar-refractivity contribution in [2.45, 2.75) is 32.7 Å². The van der Waals surface area contributed by atoms with Gasteiger partial charge in [-0.05, 0) is 24.1 Å². The van der Waals surface area contributed by atoms with Crippen molar-refractivity contribution in [2.24, 2.45) is 0 Å². The Bertz CT molecular complexity index is 847. The SMILES string of the molecule is CCCCCn1c(O)nc2ncc(Cl)c(-c3cccc(F)c3)c21. The lowest BCUT2D eigenvalue weighted by molar-refractivity contribution is 0.397. The molecule has 23 heavy (non-hydrogen) atoms. The molecule has 0 aliphatic rings. The molecule has 0 bridgehead atoms. The van der Waals surface area contributed by atoms with Crippen LogP contribution in [0.25, 0.3) is 22.3 Å². The third-order valence-electron chi connectivity index (χ3n) is 3.80. The van der Waals surface area contributed by atoms with E-state index < -0.39 is 0 Å². The van der Waals surface area contributed by atoms with Gasteiger partial charge in [-0.1, -0.05) is 43.5 Å². The van der Waals surface area contributed by atoms with Crippen molar-refractivity contribution < 1.29 is 9.50 Å².